The third kappa shape index (κ3) is 3.09. The molecular formula is C17H20N8O2. The smallest absolute Gasteiger partial charge is 0.254 e. The lowest BCUT2D eigenvalue weighted by molar-refractivity contribution is -0.122. The maximum Gasteiger partial charge on any atom is 0.254 e. The van der Waals surface area contributed by atoms with Gasteiger partial charge in [0, 0.05) is 25.5 Å². The van der Waals surface area contributed by atoms with Crippen LogP contribution in [0.2, 0.25) is 0 Å². The molecular weight excluding hydrogens is 348 g/mol. The number of rotatable bonds is 6. The molecule has 140 valence electrons. The van der Waals surface area contributed by atoms with Gasteiger partial charge in [0.15, 0.2) is 0 Å². The van der Waals surface area contributed by atoms with E-state index in [9.17, 15) is 9.59 Å². The van der Waals surface area contributed by atoms with Gasteiger partial charge in [0.25, 0.3) is 5.91 Å². The van der Waals surface area contributed by atoms with Crippen LogP contribution in [0, 0.1) is 17.8 Å². The number of hydrogen-bond donors (Lipinski definition) is 4. The predicted octanol–water partition coefficient (Wildman–Crippen LogP) is 0.141. The molecule has 4 rings (SSSR count). The molecule has 0 spiro atoms. The lowest BCUT2D eigenvalue weighted by atomic mass is 9.88. The summed E-state index contributed by atoms with van der Waals surface area (Å²) >= 11 is 0. The average Bonchev–Trinajstić information content (AvgIpc) is 3.31. The molecule has 1 saturated carbocycles. The van der Waals surface area contributed by atoms with Crippen LogP contribution in [-0.2, 0) is 11.8 Å². The molecule has 2 aromatic rings. The zero-order valence-electron chi connectivity index (χ0n) is 14.7. The summed E-state index contributed by atoms with van der Waals surface area (Å²) in [5, 5.41) is 10.3. The Labute approximate surface area is 155 Å². The van der Waals surface area contributed by atoms with Gasteiger partial charge in [-0.3, -0.25) is 14.3 Å². The SMILES string of the molecule is Cn1cc(Nc2ncc(C(N)=O)c(N[C@@H]3[C@H](C(N)=O)[C@@H]4C=C[C@@H]3C4)n2)cn1. The normalized spacial score (nSPS) is 25.5. The minimum Gasteiger partial charge on any atom is -0.369 e. The van der Waals surface area contributed by atoms with Crippen LogP contribution < -0.4 is 22.1 Å². The van der Waals surface area contributed by atoms with E-state index in [1.165, 1.54) is 6.20 Å². The number of nitrogens with zero attached hydrogens (tertiary/aromatic N) is 4. The third-order valence-electron chi connectivity index (χ3n) is 5.11. The molecule has 2 heterocycles. The molecule has 2 amide bonds. The van der Waals surface area contributed by atoms with Gasteiger partial charge in [-0.15, -0.1) is 0 Å². The molecule has 0 unspecified atom stereocenters. The highest BCUT2D eigenvalue weighted by molar-refractivity contribution is 5.97. The monoisotopic (exact) mass is 368 g/mol. The van der Waals surface area contributed by atoms with E-state index >= 15 is 0 Å². The van der Waals surface area contributed by atoms with Gasteiger partial charge < -0.3 is 22.1 Å². The number of nitrogens with two attached hydrogens (primary N) is 2. The van der Waals surface area contributed by atoms with Crippen LogP contribution in [0.15, 0.2) is 30.7 Å². The first kappa shape index (κ1) is 17.0. The second kappa shape index (κ2) is 6.38. The molecule has 0 aliphatic heterocycles. The van der Waals surface area contributed by atoms with Crippen molar-refractivity contribution in [2.24, 2.45) is 36.3 Å². The number of primary amides is 2. The minimum absolute atomic E-state index is 0.108. The van der Waals surface area contributed by atoms with Crippen LogP contribution in [0.5, 0.6) is 0 Å². The summed E-state index contributed by atoms with van der Waals surface area (Å²) in [6.45, 7) is 0. The molecule has 0 saturated heterocycles. The molecule has 1 fully saturated rings. The fraction of sp³-hybridized carbons (Fsp3) is 0.353. The maximum absolute atomic E-state index is 11.9. The lowest BCUT2D eigenvalue weighted by Crippen LogP contribution is -2.41. The van der Waals surface area contributed by atoms with Gasteiger partial charge >= 0.3 is 0 Å². The Morgan fingerprint density at radius 2 is 2.00 bits per heavy atom. The van der Waals surface area contributed by atoms with E-state index in [2.05, 4.69) is 31.8 Å². The fourth-order valence-electron chi connectivity index (χ4n) is 3.91. The first-order valence-corrected chi connectivity index (χ1v) is 8.59. The number of amides is 2. The van der Waals surface area contributed by atoms with Crippen molar-refractivity contribution in [2.75, 3.05) is 10.6 Å². The van der Waals surface area contributed by atoms with E-state index in [1.54, 1.807) is 24.1 Å². The fourth-order valence-corrected chi connectivity index (χ4v) is 3.91. The Morgan fingerprint density at radius 1 is 1.22 bits per heavy atom. The Kier molecular flexibility index (Phi) is 4.02. The molecule has 2 aliphatic rings. The van der Waals surface area contributed by atoms with E-state index in [0.717, 1.165) is 6.42 Å². The van der Waals surface area contributed by atoms with Gasteiger partial charge in [-0.05, 0) is 18.3 Å². The van der Waals surface area contributed by atoms with E-state index in [4.69, 9.17) is 11.5 Å². The number of fused-ring (bicyclic) bond motifs is 2. The van der Waals surface area contributed by atoms with Crippen LogP contribution in [-0.4, -0.2) is 37.6 Å². The van der Waals surface area contributed by atoms with Crippen molar-refractivity contribution in [1.82, 2.24) is 19.7 Å². The van der Waals surface area contributed by atoms with E-state index in [0.29, 0.717) is 5.69 Å². The predicted molar refractivity (Wildman–Crippen MR) is 97.9 cm³/mol. The van der Waals surface area contributed by atoms with Gasteiger partial charge in [-0.25, -0.2) is 4.98 Å². The quantitative estimate of drug-likeness (QED) is 0.529. The standard InChI is InChI=1S/C17H20N8O2/c1-25-7-10(5-21-25)22-17-20-6-11(14(18)26)16(24-17)23-13-9-3-2-8(4-9)12(13)15(19)27/h2-3,5-9,12-13H,4H2,1H3,(H2,18,26)(H2,19,27)(H2,20,22,23,24)/t8-,9-,12-,13+/m1/s1. The Balaban J connectivity index is 1.64. The zero-order valence-corrected chi connectivity index (χ0v) is 14.7. The van der Waals surface area contributed by atoms with Crippen LogP contribution in [0.1, 0.15) is 16.8 Å². The summed E-state index contributed by atoms with van der Waals surface area (Å²) in [7, 11) is 1.79. The summed E-state index contributed by atoms with van der Waals surface area (Å²) in [5.41, 5.74) is 11.9. The van der Waals surface area contributed by atoms with Crippen molar-refractivity contribution >= 4 is 29.3 Å². The van der Waals surface area contributed by atoms with Gasteiger partial charge in [0.2, 0.25) is 11.9 Å². The highest BCUT2D eigenvalue weighted by Gasteiger charge is 2.47. The number of carbonyl (C=O) groups excluding carboxylic acids is 2. The van der Waals surface area contributed by atoms with Gasteiger partial charge in [-0.2, -0.15) is 10.1 Å². The van der Waals surface area contributed by atoms with Crippen molar-refractivity contribution < 1.29 is 9.59 Å². The van der Waals surface area contributed by atoms with Crippen LogP contribution >= 0.6 is 0 Å². The van der Waals surface area contributed by atoms with Gasteiger partial charge in [-0.1, -0.05) is 12.2 Å². The Hall–Kier alpha value is -3.43. The molecule has 27 heavy (non-hydrogen) atoms. The first-order valence-electron chi connectivity index (χ1n) is 8.59. The number of anilines is 3. The molecule has 10 nitrogen and oxygen atoms in total. The summed E-state index contributed by atoms with van der Waals surface area (Å²) in [6, 6.07) is -0.239. The highest BCUT2D eigenvalue weighted by Crippen LogP contribution is 2.45. The lowest BCUT2D eigenvalue weighted by Gasteiger charge is -2.27. The van der Waals surface area contributed by atoms with Crippen molar-refractivity contribution in [2.45, 2.75) is 12.5 Å². The zero-order chi connectivity index (χ0) is 19.1. The topological polar surface area (TPSA) is 154 Å². The molecule has 2 aliphatic carbocycles. The van der Waals surface area contributed by atoms with E-state index in [1.807, 2.05) is 6.08 Å². The van der Waals surface area contributed by atoms with E-state index in [-0.39, 0.29) is 47.0 Å². The largest absolute Gasteiger partial charge is 0.369 e. The molecule has 2 aromatic heterocycles. The van der Waals surface area contributed by atoms with Crippen molar-refractivity contribution in [3.05, 3.63) is 36.3 Å². The van der Waals surface area contributed by atoms with Crippen LogP contribution in [0.3, 0.4) is 0 Å². The number of aromatic nitrogens is 4. The van der Waals surface area contributed by atoms with Crippen LogP contribution in [0.25, 0.3) is 0 Å². The number of hydrogen-bond acceptors (Lipinski definition) is 7. The molecule has 0 radical (unpaired) electrons. The third-order valence-corrected chi connectivity index (χ3v) is 5.11. The molecule has 6 N–H and O–H groups in total. The summed E-state index contributed by atoms with van der Waals surface area (Å²) in [5.74, 6) is -0.557. The molecule has 2 bridgehead atoms. The Bertz CT molecular complexity index is 937. The summed E-state index contributed by atoms with van der Waals surface area (Å²) < 4.78 is 1.64. The minimum atomic E-state index is -0.653. The summed E-state index contributed by atoms with van der Waals surface area (Å²) in [6.07, 6.45) is 9.71. The van der Waals surface area contributed by atoms with Gasteiger partial charge in [0.1, 0.15) is 5.82 Å². The second-order valence-corrected chi connectivity index (χ2v) is 6.89. The van der Waals surface area contributed by atoms with Crippen molar-refractivity contribution in [3.63, 3.8) is 0 Å². The number of allylic oxidation sites excluding steroid dienone is 1. The highest BCUT2D eigenvalue weighted by atomic mass is 16.1. The summed E-state index contributed by atoms with van der Waals surface area (Å²) in [4.78, 5) is 32.3. The number of carbonyl (C=O) groups is 2. The van der Waals surface area contributed by atoms with Crippen LogP contribution in [0.4, 0.5) is 17.5 Å². The van der Waals surface area contributed by atoms with E-state index < -0.39 is 5.91 Å². The maximum atomic E-state index is 11.9. The number of aryl methyl sites for hydroxylation is 1. The van der Waals surface area contributed by atoms with Crippen molar-refractivity contribution in [1.29, 1.82) is 0 Å². The molecule has 4 atom stereocenters. The number of nitrogens with one attached hydrogen (secondary N) is 2. The Morgan fingerprint density at radius 3 is 2.67 bits per heavy atom. The van der Waals surface area contributed by atoms with Crippen molar-refractivity contribution in [3.8, 4) is 0 Å². The molecule has 0 aromatic carbocycles. The van der Waals surface area contributed by atoms with Gasteiger partial charge in [0.05, 0.1) is 23.4 Å². The average molecular weight is 368 g/mol. The first-order chi connectivity index (χ1) is 12.9. The second-order valence-electron chi connectivity index (χ2n) is 6.89. The molecule has 10 heteroatoms.